The summed E-state index contributed by atoms with van der Waals surface area (Å²) < 4.78 is 0. The molecule has 1 saturated carbocycles. The van der Waals surface area contributed by atoms with Gasteiger partial charge in [-0.1, -0.05) is 6.92 Å². The fraction of sp³-hybridized carbons (Fsp3) is 0.692. The molecular weight excluding hydrogens is 246 g/mol. The van der Waals surface area contributed by atoms with Crippen molar-refractivity contribution in [3.05, 3.63) is 15.6 Å². The van der Waals surface area contributed by atoms with E-state index in [0.29, 0.717) is 5.92 Å². The molecule has 18 heavy (non-hydrogen) atoms. The number of rotatable bonds is 3. The Morgan fingerprint density at radius 3 is 2.78 bits per heavy atom. The van der Waals surface area contributed by atoms with Crippen molar-refractivity contribution in [3.8, 4) is 0 Å². The molecule has 0 aromatic carbocycles. The summed E-state index contributed by atoms with van der Waals surface area (Å²) in [5.74, 6) is 0.836. The molecule has 2 heterocycles. The quantitative estimate of drug-likeness (QED) is 0.903. The number of hydrogen-bond acceptors (Lipinski definition) is 4. The molecule has 2 aliphatic rings. The lowest BCUT2D eigenvalue weighted by atomic mass is 10.2. The number of carbonyl (C=O) groups is 1. The van der Waals surface area contributed by atoms with Crippen LogP contribution in [0.5, 0.6) is 0 Å². The molecule has 3 rings (SSSR count). The highest BCUT2D eigenvalue weighted by Crippen LogP contribution is 2.42. The van der Waals surface area contributed by atoms with Crippen LogP contribution in [0.3, 0.4) is 0 Å². The molecule has 0 spiro atoms. The Morgan fingerprint density at radius 1 is 1.44 bits per heavy atom. The van der Waals surface area contributed by atoms with E-state index in [1.54, 1.807) is 11.3 Å². The summed E-state index contributed by atoms with van der Waals surface area (Å²) in [4.78, 5) is 20.0. The standard InChI is InChI=1S/C13H19N3OS/c1-2-10-11(18-12(15-10)9-3-4-9)13(17)16-7-5-14-6-8-16/h9,14H,2-8H2,1H3. The fourth-order valence-electron chi connectivity index (χ4n) is 2.29. The number of nitrogens with one attached hydrogen (secondary N) is 1. The zero-order valence-corrected chi connectivity index (χ0v) is 11.6. The average Bonchev–Trinajstić information content (AvgIpc) is 3.18. The molecule has 1 aliphatic carbocycles. The minimum absolute atomic E-state index is 0.192. The van der Waals surface area contributed by atoms with Crippen molar-refractivity contribution in [1.29, 1.82) is 0 Å². The van der Waals surface area contributed by atoms with Crippen molar-refractivity contribution < 1.29 is 4.79 Å². The molecule has 5 heteroatoms. The molecule has 1 N–H and O–H groups in total. The number of thiazole rings is 1. The predicted octanol–water partition coefficient (Wildman–Crippen LogP) is 1.63. The lowest BCUT2D eigenvalue weighted by molar-refractivity contribution is 0.0739. The van der Waals surface area contributed by atoms with Crippen LogP contribution >= 0.6 is 11.3 Å². The third kappa shape index (κ3) is 2.29. The monoisotopic (exact) mass is 265 g/mol. The van der Waals surface area contributed by atoms with Gasteiger partial charge in [0.1, 0.15) is 4.88 Å². The van der Waals surface area contributed by atoms with Crippen LogP contribution in [-0.4, -0.2) is 42.0 Å². The van der Waals surface area contributed by atoms with Gasteiger partial charge in [0.2, 0.25) is 0 Å². The van der Waals surface area contributed by atoms with Crippen LogP contribution in [0.1, 0.15) is 46.1 Å². The first-order chi connectivity index (χ1) is 8.79. The molecule has 4 nitrogen and oxygen atoms in total. The smallest absolute Gasteiger partial charge is 0.265 e. The molecule has 1 aromatic rings. The van der Waals surface area contributed by atoms with Gasteiger partial charge in [0.15, 0.2) is 0 Å². The number of aromatic nitrogens is 1. The summed E-state index contributed by atoms with van der Waals surface area (Å²) in [5.41, 5.74) is 1.01. The number of nitrogens with zero attached hydrogens (tertiary/aromatic N) is 2. The third-order valence-corrected chi connectivity index (χ3v) is 4.82. The molecule has 1 aromatic heterocycles. The summed E-state index contributed by atoms with van der Waals surface area (Å²) in [7, 11) is 0. The van der Waals surface area contributed by atoms with Gasteiger partial charge in [0, 0.05) is 32.1 Å². The second-order valence-corrected chi connectivity index (χ2v) is 6.03. The van der Waals surface area contributed by atoms with E-state index in [-0.39, 0.29) is 5.91 Å². The minimum Gasteiger partial charge on any atom is -0.335 e. The number of piperazine rings is 1. The average molecular weight is 265 g/mol. The van der Waals surface area contributed by atoms with Crippen LogP contribution in [0.4, 0.5) is 0 Å². The summed E-state index contributed by atoms with van der Waals surface area (Å²) in [6, 6.07) is 0. The highest BCUT2D eigenvalue weighted by molar-refractivity contribution is 7.13. The Kier molecular flexibility index (Phi) is 3.35. The van der Waals surface area contributed by atoms with Crippen LogP contribution in [0.25, 0.3) is 0 Å². The van der Waals surface area contributed by atoms with E-state index in [4.69, 9.17) is 0 Å². The Hall–Kier alpha value is -0.940. The number of carbonyl (C=O) groups excluding carboxylic acids is 1. The van der Waals surface area contributed by atoms with Crippen LogP contribution in [0, 0.1) is 0 Å². The van der Waals surface area contributed by atoms with Crippen LogP contribution in [0.15, 0.2) is 0 Å². The van der Waals surface area contributed by atoms with Crippen LogP contribution in [0.2, 0.25) is 0 Å². The van der Waals surface area contributed by atoms with E-state index in [0.717, 1.165) is 43.2 Å². The van der Waals surface area contributed by atoms with E-state index in [1.165, 1.54) is 17.8 Å². The fourth-order valence-corrected chi connectivity index (χ4v) is 3.58. The van der Waals surface area contributed by atoms with Crippen LogP contribution < -0.4 is 5.32 Å². The number of aryl methyl sites for hydroxylation is 1. The molecule has 0 atom stereocenters. The zero-order chi connectivity index (χ0) is 12.5. The normalized spacial score (nSPS) is 20.2. The molecule has 0 unspecified atom stereocenters. The summed E-state index contributed by atoms with van der Waals surface area (Å²) in [6.45, 7) is 5.53. The maximum absolute atomic E-state index is 12.5. The molecule has 98 valence electrons. The molecule has 1 amide bonds. The second kappa shape index (κ2) is 4.97. The van der Waals surface area contributed by atoms with Gasteiger partial charge >= 0.3 is 0 Å². The van der Waals surface area contributed by atoms with Crippen molar-refractivity contribution >= 4 is 17.2 Å². The van der Waals surface area contributed by atoms with E-state index >= 15 is 0 Å². The van der Waals surface area contributed by atoms with Gasteiger partial charge < -0.3 is 10.2 Å². The van der Waals surface area contributed by atoms with Gasteiger partial charge in [-0.3, -0.25) is 4.79 Å². The lowest BCUT2D eigenvalue weighted by Gasteiger charge is -2.27. The van der Waals surface area contributed by atoms with Gasteiger partial charge in [-0.25, -0.2) is 4.98 Å². The second-order valence-electron chi connectivity index (χ2n) is 5.00. The van der Waals surface area contributed by atoms with E-state index < -0.39 is 0 Å². The maximum Gasteiger partial charge on any atom is 0.265 e. The third-order valence-electron chi connectivity index (χ3n) is 3.57. The molecule has 0 radical (unpaired) electrons. The molecule has 1 saturated heterocycles. The molecule has 0 bridgehead atoms. The maximum atomic E-state index is 12.5. The first-order valence-corrected chi connectivity index (χ1v) is 7.61. The topological polar surface area (TPSA) is 45.2 Å². The van der Waals surface area contributed by atoms with Crippen molar-refractivity contribution in [1.82, 2.24) is 15.2 Å². The van der Waals surface area contributed by atoms with Gasteiger partial charge in [-0.05, 0) is 19.3 Å². The van der Waals surface area contributed by atoms with Crippen LogP contribution in [-0.2, 0) is 6.42 Å². The molecule has 2 fully saturated rings. The number of hydrogen-bond donors (Lipinski definition) is 1. The molecule has 1 aliphatic heterocycles. The number of amides is 1. The largest absolute Gasteiger partial charge is 0.335 e. The van der Waals surface area contributed by atoms with E-state index in [2.05, 4.69) is 17.2 Å². The summed E-state index contributed by atoms with van der Waals surface area (Å²) >= 11 is 1.63. The Labute approximate surface area is 111 Å². The molecular formula is C13H19N3OS. The Morgan fingerprint density at radius 2 is 2.17 bits per heavy atom. The predicted molar refractivity (Wildman–Crippen MR) is 72.2 cm³/mol. The van der Waals surface area contributed by atoms with Gasteiger partial charge in [0.25, 0.3) is 5.91 Å². The Balaban J connectivity index is 1.82. The first-order valence-electron chi connectivity index (χ1n) is 6.79. The summed E-state index contributed by atoms with van der Waals surface area (Å²) in [6.07, 6.45) is 3.35. The summed E-state index contributed by atoms with van der Waals surface area (Å²) in [5, 5.41) is 4.46. The Bertz CT molecular complexity index is 447. The lowest BCUT2D eigenvalue weighted by Crippen LogP contribution is -2.46. The van der Waals surface area contributed by atoms with Gasteiger partial charge in [-0.15, -0.1) is 11.3 Å². The van der Waals surface area contributed by atoms with Crippen molar-refractivity contribution in [3.63, 3.8) is 0 Å². The van der Waals surface area contributed by atoms with Gasteiger partial charge in [-0.2, -0.15) is 0 Å². The van der Waals surface area contributed by atoms with Crippen molar-refractivity contribution in [2.45, 2.75) is 32.1 Å². The minimum atomic E-state index is 0.192. The van der Waals surface area contributed by atoms with E-state index in [1.807, 2.05) is 4.90 Å². The van der Waals surface area contributed by atoms with Crippen molar-refractivity contribution in [2.24, 2.45) is 0 Å². The first kappa shape index (κ1) is 12.1. The van der Waals surface area contributed by atoms with Crippen molar-refractivity contribution in [2.75, 3.05) is 26.2 Å². The SMILES string of the molecule is CCc1nc(C2CC2)sc1C(=O)N1CCNCC1. The zero-order valence-electron chi connectivity index (χ0n) is 10.7. The van der Waals surface area contributed by atoms with Gasteiger partial charge in [0.05, 0.1) is 10.7 Å². The highest BCUT2D eigenvalue weighted by atomic mass is 32.1. The van der Waals surface area contributed by atoms with E-state index in [9.17, 15) is 4.79 Å². The highest BCUT2D eigenvalue weighted by Gasteiger charge is 2.30.